The molecule has 32 heavy (non-hydrogen) atoms. The number of benzene rings is 2. The molecule has 1 heterocycles. The molecule has 2 aromatic carbocycles. The van der Waals surface area contributed by atoms with Crippen LogP contribution in [0.15, 0.2) is 60.7 Å². The molecule has 3 aromatic rings. The fraction of sp³-hybridized carbons (Fsp3) is 0.308. The number of hydrogen-bond donors (Lipinski definition) is 0. The summed E-state index contributed by atoms with van der Waals surface area (Å²) in [5, 5.41) is 0. The summed E-state index contributed by atoms with van der Waals surface area (Å²) < 4.78 is 16.5. The van der Waals surface area contributed by atoms with Gasteiger partial charge < -0.3 is 19.1 Å². The summed E-state index contributed by atoms with van der Waals surface area (Å²) in [6.45, 7) is 0.927. The van der Waals surface area contributed by atoms with Crippen LogP contribution in [0.1, 0.15) is 11.1 Å². The molecule has 1 aromatic heterocycles. The number of carbonyl (C=O) groups is 1. The second-order valence-electron chi connectivity index (χ2n) is 7.80. The predicted molar refractivity (Wildman–Crippen MR) is 126 cm³/mol. The highest BCUT2D eigenvalue weighted by Gasteiger charge is 2.09. The van der Waals surface area contributed by atoms with E-state index in [0.29, 0.717) is 37.0 Å². The van der Waals surface area contributed by atoms with E-state index >= 15 is 0 Å². The van der Waals surface area contributed by atoms with Gasteiger partial charge in [0.25, 0.3) is 0 Å². The molecule has 0 bridgehead atoms. The van der Waals surface area contributed by atoms with Crippen molar-refractivity contribution in [2.24, 2.45) is 0 Å². The van der Waals surface area contributed by atoms with Crippen LogP contribution in [0.2, 0.25) is 0 Å². The Hall–Kier alpha value is -3.38. The summed E-state index contributed by atoms with van der Waals surface area (Å²) in [6, 6.07) is 19.5. The number of aromatic nitrogens is 1. The molecule has 0 atom stereocenters. The van der Waals surface area contributed by atoms with E-state index in [2.05, 4.69) is 4.98 Å². The van der Waals surface area contributed by atoms with E-state index in [-0.39, 0.29) is 5.78 Å². The van der Waals surface area contributed by atoms with Gasteiger partial charge in [0.2, 0.25) is 5.88 Å². The fourth-order valence-corrected chi connectivity index (χ4v) is 3.44. The monoisotopic (exact) mass is 434 g/mol. The largest absolute Gasteiger partial charge is 0.493 e. The van der Waals surface area contributed by atoms with Gasteiger partial charge in [-0.05, 0) is 49.5 Å². The Bertz CT molecular complexity index is 1050. The topological polar surface area (TPSA) is 60.9 Å². The van der Waals surface area contributed by atoms with Gasteiger partial charge in [0.1, 0.15) is 0 Å². The highest BCUT2D eigenvalue weighted by Crippen LogP contribution is 2.28. The van der Waals surface area contributed by atoms with Crippen LogP contribution in [0.3, 0.4) is 0 Å². The van der Waals surface area contributed by atoms with Crippen molar-refractivity contribution in [3.63, 3.8) is 0 Å². The quantitative estimate of drug-likeness (QED) is 0.454. The zero-order chi connectivity index (χ0) is 22.9. The Kier molecular flexibility index (Phi) is 8.22. The van der Waals surface area contributed by atoms with Crippen LogP contribution in [0.4, 0.5) is 0 Å². The average Bonchev–Trinajstić information content (AvgIpc) is 2.78. The van der Waals surface area contributed by atoms with Gasteiger partial charge in [-0.2, -0.15) is 0 Å². The lowest BCUT2D eigenvalue weighted by molar-refractivity contribution is -0.119. The lowest BCUT2D eigenvalue weighted by Crippen LogP contribution is -2.22. The third-order valence-corrected chi connectivity index (χ3v) is 4.93. The van der Waals surface area contributed by atoms with Gasteiger partial charge >= 0.3 is 0 Å². The van der Waals surface area contributed by atoms with Crippen LogP contribution in [0, 0.1) is 0 Å². The van der Waals surface area contributed by atoms with Crippen molar-refractivity contribution in [2.75, 3.05) is 41.5 Å². The van der Waals surface area contributed by atoms with E-state index < -0.39 is 0 Å². The number of likely N-dealkylation sites (N-methyl/N-ethyl adjacent to an activating group) is 1. The first kappa shape index (κ1) is 23.3. The minimum absolute atomic E-state index is 0.187. The number of Topliss-reactive ketones (excluding diaryl/α,β-unsaturated/α-hetero) is 1. The minimum atomic E-state index is 0.187. The number of ketones is 1. The summed E-state index contributed by atoms with van der Waals surface area (Å²) >= 11 is 0. The number of methoxy groups -OCH3 is 2. The van der Waals surface area contributed by atoms with E-state index in [1.807, 2.05) is 79.7 Å². The molecule has 168 valence electrons. The van der Waals surface area contributed by atoms with Crippen LogP contribution in [-0.4, -0.2) is 57.1 Å². The number of nitrogens with zero attached hydrogens (tertiary/aromatic N) is 2. The lowest BCUT2D eigenvalue weighted by Gasteiger charge is -2.11. The SMILES string of the molecule is COc1ccc(CCOc2cccc(-c3cccc(CC(=O)CN(C)C)c3)n2)cc1OC. The molecule has 6 nitrogen and oxygen atoms in total. The second kappa shape index (κ2) is 11.3. The molecule has 0 amide bonds. The molecule has 0 unspecified atom stereocenters. The van der Waals surface area contributed by atoms with Gasteiger partial charge in [-0.1, -0.05) is 30.3 Å². The van der Waals surface area contributed by atoms with Crippen molar-refractivity contribution < 1.29 is 19.0 Å². The molecule has 0 radical (unpaired) electrons. The Morgan fingerprint density at radius 3 is 2.44 bits per heavy atom. The van der Waals surface area contributed by atoms with Crippen molar-refractivity contribution >= 4 is 5.78 Å². The first-order valence-corrected chi connectivity index (χ1v) is 10.5. The van der Waals surface area contributed by atoms with Crippen molar-refractivity contribution in [2.45, 2.75) is 12.8 Å². The maximum Gasteiger partial charge on any atom is 0.213 e. The Morgan fingerprint density at radius 1 is 0.906 bits per heavy atom. The van der Waals surface area contributed by atoms with Gasteiger partial charge in [-0.3, -0.25) is 4.79 Å². The first-order chi connectivity index (χ1) is 15.5. The molecule has 3 rings (SSSR count). The van der Waals surface area contributed by atoms with Crippen molar-refractivity contribution in [3.05, 3.63) is 71.8 Å². The number of carbonyl (C=O) groups excluding carboxylic acids is 1. The molecular formula is C26H30N2O4. The van der Waals surface area contributed by atoms with Crippen LogP contribution < -0.4 is 14.2 Å². The summed E-state index contributed by atoms with van der Waals surface area (Å²) in [6.07, 6.45) is 1.13. The zero-order valence-corrected chi connectivity index (χ0v) is 19.1. The van der Waals surface area contributed by atoms with Crippen LogP contribution in [0.25, 0.3) is 11.3 Å². The number of hydrogen-bond acceptors (Lipinski definition) is 6. The van der Waals surface area contributed by atoms with Gasteiger partial charge in [0.15, 0.2) is 17.3 Å². The molecular weight excluding hydrogens is 404 g/mol. The molecule has 0 aliphatic rings. The minimum Gasteiger partial charge on any atom is -0.493 e. The van der Waals surface area contributed by atoms with E-state index in [4.69, 9.17) is 14.2 Å². The van der Waals surface area contributed by atoms with Crippen molar-refractivity contribution in [1.29, 1.82) is 0 Å². The average molecular weight is 435 g/mol. The highest BCUT2D eigenvalue weighted by atomic mass is 16.5. The van der Waals surface area contributed by atoms with Gasteiger partial charge in [-0.15, -0.1) is 0 Å². The van der Waals surface area contributed by atoms with E-state index in [9.17, 15) is 4.79 Å². The number of pyridine rings is 1. The Balaban J connectivity index is 1.63. The zero-order valence-electron chi connectivity index (χ0n) is 19.1. The summed E-state index contributed by atoms with van der Waals surface area (Å²) in [5.41, 5.74) is 3.85. The van der Waals surface area contributed by atoms with Crippen molar-refractivity contribution in [1.82, 2.24) is 9.88 Å². The molecule has 0 saturated carbocycles. The lowest BCUT2D eigenvalue weighted by atomic mass is 10.0. The Labute approximate surface area is 189 Å². The summed E-state index contributed by atoms with van der Waals surface area (Å²) in [5.74, 6) is 2.16. The molecule has 0 aliphatic carbocycles. The molecule has 0 fully saturated rings. The molecule has 0 spiro atoms. The number of rotatable bonds is 11. The van der Waals surface area contributed by atoms with Gasteiger partial charge in [0.05, 0.1) is 33.1 Å². The third-order valence-electron chi connectivity index (χ3n) is 4.93. The summed E-state index contributed by atoms with van der Waals surface area (Å²) in [7, 11) is 7.04. The fourth-order valence-electron chi connectivity index (χ4n) is 3.44. The maximum absolute atomic E-state index is 12.1. The molecule has 0 aliphatic heterocycles. The van der Waals surface area contributed by atoms with Crippen LogP contribution in [-0.2, 0) is 17.6 Å². The molecule has 6 heteroatoms. The highest BCUT2D eigenvalue weighted by molar-refractivity contribution is 5.83. The first-order valence-electron chi connectivity index (χ1n) is 10.5. The maximum atomic E-state index is 12.1. The van der Waals surface area contributed by atoms with Gasteiger partial charge in [0, 0.05) is 24.5 Å². The predicted octanol–water partition coefficient (Wildman–Crippen LogP) is 4.06. The van der Waals surface area contributed by atoms with Crippen molar-refractivity contribution in [3.8, 4) is 28.6 Å². The third kappa shape index (κ3) is 6.56. The van der Waals surface area contributed by atoms with E-state index in [1.54, 1.807) is 14.2 Å². The summed E-state index contributed by atoms with van der Waals surface area (Å²) in [4.78, 5) is 18.7. The Morgan fingerprint density at radius 2 is 1.69 bits per heavy atom. The molecule has 0 saturated heterocycles. The van der Waals surface area contributed by atoms with Crippen LogP contribution >= 0.6 is 0 Å². The molecule has 0 N–H and O–H groups in total. The number of ether oxygens (including phenoxy) is 3. The standard InChI is InChI=1S/C26H30N2O4/c1-28(2)18-22(29)16-20-7-5-8-21(15-20)23-9-6-10-26(27-23)32-14-13-19-11-12-24(30-3)25(17-19)31-4/h5-12,15,17H,13-14,16,18H2,1-4H3. The normalized spacial score (nSPS) is 10.8. The van der Waals surface area contributed by atoms with Gasteiger partial charge in [-0.25, -0.2) is 4.98 Å². The smallest absolute Gasteiger partial charge is 0.213 e. The van der Waals surface area contributed by atoms with E-state index in [1.165, 1.54) is 0 Å². The second-order valence-corrected chi connectivity index (χ2v) is 7.80. The van der Waals surface area contributed by atoms with E-state index in [0.717, 1.165) is 28.8 Å². The van der Waals surface area contributed by atoms with Crippen LogP contribution in [0.5, 0.6) is 17.4 Å².